The van der Waals surface area contributed by atoms with Crippen molar-refractivity contribution in [3.8, 4) is 0 Å². The number of benzene rings is 1. The van der Waals surface area contributed by atoms with Gasteiger partial charge >= 0.3 is 5.97 Å². The summed E-state index contributed by atoms with van der Waals surface area (Å²) in [5.41, 5.74) is 0.860. The Hall–Kier alpha value is -1.20. The normalized spacial score (nSPS) is 20.8. The first-order valence-corrected chi connectivity index (χ1v) is 9.24. The second kappa shape index (κ2) is 8.06. The van der Waals surface area contributed by atoms with Crippen LogP contribution in [0.2, 0.25) is 5.02 Å². The zero-order valence-corrected chi connectivity index (χ0v) is 15.2. The van der Waals surface area contributed by atoms with Crippen LogP contribution >= 0.6 is 23.4 Å². The third-order valence-electron chi connectivity index (χ3n) is 3.64. The Labute approximate surface area is 146 Å². The molecule has 1 heterocycles. The number of thioether (sulfide) groups is 1. The van der Waals surface area contributed by atoms with Gasteiger partial charge in [0.15, 0.2) is 0 Å². The molecule has 0 unspecified atom stereocenters. The lowest BCUT2D eigenvalue weighted by Gasteiger charge is -2.30. The minimum atomic E-state index is -0.553. The van der Waals surface area contributed by atoms with E-state index in [1.807, 2.05) is 39.0 Å². The van der Waals surface area contributed by atoms with Crippen molar-refractivity contribution in [2.24, 2.45) is 5.92 Å². The number of halogens is 1. The predicted molar refractivity (Wildman–Crippen MR) is 93.4 cm³/mol. The van der Waals surface area contributed by atoms with Gasteiger partial charge in [-0.25, -0.2) is 4.79 Å². The molecule has 2 atom stereocenters. The molecule has 2 rings (SSSR count). The van der Waals surface area contributed by atoms with Crippen molar-refractivity contribution in [2.75, 3.05) is 12.4 Å². The average Bonchev–Trinajstić information content (AvgIpc) is 2.96. The molecule has 1 aliphatic rings. The minimum absolute atomic E-state index is 0.0571. The number of rotatable bonds is 5. The third-order valence-corrected chi connectivity index (χ3v) is 5.29. The maximum absolute atomic E-state index is 12.7. The zero-order chi connectivity index (χ0) is 17.0. The summed E-state index contributed by atoms with van der Waals surface area (Å²) in [6, 6.07) is 6.90. The molecule has 1 aromatic rings. The fourth-order valence-corrected chi connectivity index (χ4v) is 4.23. The fourth-order valence-electron chi connectivity index (χ4n) is 2.47. The Morgan fingerprint density at radius 2 is 2.09 bits per heavy atom. The fraction of sp³-hybridized carbons (Fsp3) is 0.529. The highest BCUT2D eigenvalue weighted by Gasteiger charge is 2.44. The average molecular weight is 356 g/mol. The molecule has 1 aliphatic heterocycles. The Bertz CT molecular complexity index is 579. The summed E-state index contributed by atoms with van der Waals surface area (Å²) in [5, 5.41) is 0.354. The highest BCUT2D eigenvalue weighted by molar-refractivity contribution is 7.99. The van der Waals surface area contributed by atoms with E-state index in [-0.39, 0.29) is 23.2 Å². The SMILES string of the molecule is CCCOC(=O)[C@H]1CS[C@H](c2ccccc2Cl)N1C(=O)C(C)C. The van der Waals surface area contributed by atoms with E-state index in [1.165, 1.54) is 0 Å². The Balaban J connectivity index is 2.31. The lowest BCUT2D eigenvalue weighted by atomic mass is 10.1. The van der Waals surface area contributed by atoms with Crippen LogP contribution in [0.1, 0.15) is 38.1 Å². The molecular formula is C17H22ClNO3S. The van der Waals surface area contributed by atoms with Gasteiger partial charge in [-0.2, -0.15) is 0 Å². The Morgan fingerprint density at radius 3 is 2.70 bits per heavy atom. The highest BCUT2D eigenvalue weighted by atomic mass is 35.5. The molecule has 1 saturated heterocycles. The number of nitrogens with zero attached hydrogens (tertiary/aromatic N) is 1. The summed E-state index contributed by atoms with van der Waals surface area (Å²) in [4.78, 5) is 26.7. The summed E-state index contributed by atoms with van der Waals surface area (Å²) >= 11 is 7.85. The van der Waals surface area contributed by atoms with E-state index in [2.05, 4.69) is 0 Å². The van der Waals surface area contributed by atoms with E-state index in [9.17, 15) is 9.59 Å². The molecule has 0 saturated carbocycles. The molecule has 0 spiro atoms. The van der Waals surface area contributed by atoms with E-state index < -0.39 is 6.04 Å². The van der Waals surface area contributed by atoms with Crippen LogP contribution in [0.15, 0.2) is 24.3 Å². The largest absolute Gasteiger partial charge is 0.464 e. The zero-order valence-electron chi connectivity index (χ0n) is 13.6. The molecule has 126 valence electrons. The van der Waals surface area contributed by atoms with Gasteiger partial charge in [0, 0.05) is 22.3 Å². The Morgan fingerprint density at radius 1 is 1.39 bits per heavy atom. The van der Waals surface area contributed by atoms with Gasteiger partial charge in [-0.15, -0.1) is 11.8 Å². The number of hydrogen-bond acceptors (Lipinski definition) is 4. The summed E-state index contributed by atoms with van der Waals surface area (Å²) < 4.78 is 5.27. The topological polar surface area (TPSA) is 46.6 Å². The molecule has 0 radical (unpaired) electrons. The van der Waals surface area contributed by atoms with Crippen molar-refractivity contribution in [3.05, 3.63) is 34.9 Å². The van der Waals surface area contributed by atoms with Crippen LogP contribution in [-0.2, 0) is 14.3 Å². The van der Waals surface area contributed by atoms with Gasteiger partial charge in [0.25, 0.3) is 0 Å². The van der Waals surface area contributed by atoms with Gasteiger partial charge < -0.3 is 9.64 Å². The van der Waals surface area contributed by atoms with E-state index in [0.29, 0.717) is 17.4 Å². The van der Waals surface area contributed by atoms with Gasteiger partial charge in [0.2, 0.25) is 5.91 Å². The number of esters is 1. The summed E-state index contributed by atoms with van der Waals surface area (Å²) in [5.74, 6) is -0.0573. The number of carbonyl (C=O) groups is 2. The van der Waals surface area contributed by atoms with Crippen molar-refractivity contribution in [3.63, 3.8) is 0 Å². The van der Waals surface area contributed by atoms with E-state index in [0.717, 1.165) is 12.0 Å². The van der Waals surface area contributed by atoms with Gasteiger partial charge in [0.1, 0.15) is 11.4 Å². The van der Waals surface area contributed by atoms with E-state index in [1.54, 1.807) is 22.7 Å². The summed E-state index contributed by atoms with van der Waals surface area (Å²) in [7, 11) is 0. The molecule has 0 aliphatic carbocycles. The van der Waals surface area contributed by atoms with Crippen LogP contribution in [-0.4, -0.2) is 35.2 Å². The Kier molecular flexibility index (Phi) is 6.36. The molecule has 1 fully saturated rings. The number of ether oxygens (including phenoxy) is 1. The summed E-state index contributed by atoms with van der Waals surface area (Å²) in [6.07, 6.45) is 0.762. The van der Waals surface area contributed by atoms with Crippen LogP contribution in [0.3, 0.4) is 0 Å². The first kappa shape index (κ1) is 18.1. The lowest BCUT2D eigenvalue weighted by molar-refractivity contribution is -0.155. The molecule has 6 heteroatoms. The maximum Gasteiger partial charge on any atom is 0.329 e. The van der Waals surface area contributed by atoms with Gasteiger partial charge in [-0.3, -0.25) is 4.79 Å². The molecule has 0 N–H and O–H groups in total. The van der Waals surface area contributed by atoms with Gasteiger partial charge in [0.05, 0.1) is 6.61 Å². The van der Waals surface area contributed by atoms with Crippen molar-refractivity contribution in [2.45, 2.75) is 38.6 Å². The van der Waals surface area contributed by atoms with Crippen LogP contribution in [0.5, 0.6) is 0 Å². The van der Waals surface area contributed by atoms with Gasteiger partial charge in [-0.1, -0.05) is 50.6 Å². The second-order valence-electron chi connectivity index (χ2n) is 5.79. The maximum atomic E-state index is 12.7. The summed E-state index contributed by atoms with van der Waals surface area (Å²) in [6.45, 7) is 5.99. The lowest BCUT2D eigenvalue weighted by Crippen LogP contribution is -2.45. The molecule has 4 nitrogen and oxygen atoms in total. The van der Waals surface area contributed by atoms with Crippen LogP contribution < -0.4 is 0 Å². The second-order valence-corrected chi connectivity index (χ2v) is 7.31. The minimum Gasteiger partial charge on any atom is -0.464 e. The van der Waals surface area contributed by atoms with Crippen molar-refractivity contribution >= 4 is 35.2 Å². The molecule has 0 aromatic heterocycles. The first-order chi connectivity index (χ1) is 11.0. The predicted octanol–water partition coefficient (Wildman–Crippen LogP) is 3.89. The molecule has 1 aromatic carbocycles. The van der Waals surface area contributed by atoms with Crippen molar-refractivity contribution < 1.29 is 14.3 Å². The van der Waals surface area contributed by atoms with Crippen molar-refractivity contribution in [1.82, 2.24) is 4.90 Å². The van der Waals surface area contributed by atoms with Crippen molar-refractivity contribution in [1.29, 1.82) is 0 Å². The van der Waals surface area contributed by atoms with E-state index >= 15 is 0 Å². The molecule has 23 heavy (non-hydrogen) atoms. The van der Waals surface area contributed by atoms with Crippen LogP contribution in [0, 0.1) is 5.92 Å². The molecule has 1 amide bonds. The molecular weight excluding hydrogens is 334 g/mol. The third kappa shape index (κ3) is 4.01. The standard InChI is InChI=1S/C17H22ClNO3S/c1-4-9-22-17(21)14-10-23-16(19(14)15(20)11(2)3)12-7-5-6-8-13(12)18/h5-8,11,14,16H,4,9-10H2,1-3H3/t14-,16-/m1/s1. The van der Waals surface area contributed by atoms with E-state index in [4.69, 9.17) is 16.3 Å². The first-order valence-electron chi connectivity index (χ1n) is 7.82. The number of carbonyl (C=O) groups excluding carboxylic acids is 2. The quantitative estimate of drug-likeness (QED) is 0.752. The highest BCUT2D eigenvalue weighted by Crippen LogP contribution is 2.44. The number of amides is 1. The number of hydrogen-bond donors (Lipinski definition) is 0. The van der Waals surface area contributed by atoms with Crippen LogP contribution in [0.25, 0.3) is 0 Å². The smallest absolute Gasteiger partial charge is 0.329 e. The monoisotopic (exact) mass is 355 g/mol. The molecule has 0 bridgehead atoms. The van der Waals surface area contributed by atoms with Gasteiger partial charge in [-0.05, 0) is 12.5 Å². The van der Waals surface area contributed by atoms with Crippen LogP contribution in [0.4, 0.5) is 0 Å².